The lowest BCUT2D eigenvalue weighted by molar-refractivity contribution is -0.274. The Labute approximate surface area is 189 Å². The van der Waals surface area contributed by atoms with E-state index in [1.807, 2.05) is 6.07 Å². The van der Waals surface area contributed by atoms with Crippen LogP contribution in [0.25, 0.3) is 0 Å². The molecule has 2 atom stereocenters. The maximum absolute atomic E-state index is 12.7. The molecule has 1 aliphatic carbocycles. The molecule has 1 heterocycles. The Kier molecular flexibility index (Phi) is 10.2. The zero-order chi connectivity index (χ0) is 20.4. The second kappa shape index (κ2) is 11.2. The monoisotopic (exact) mass is 472 g/mol. The molecule has 1 saturated carbocycles. The Morgan fingerprint density at radius 3 is 2.43 bits per heavy atom. The van der Waals surface area contributed by atoms with E-state index in [0.717, 1.165) is 44.5 Å². The smallest absolute Gasteiger partial charge is 0.406 e. The van der Waals surface area contributed by atoms with Crippen molar-refractivity contribution < 1.29 is 23.0 Å². The number of likely N-dealkylation sites (N-methyl/N-ethyl adjacent to an activating group) is 1. The molecule has 0 radical (unpaired) electrons. The summed E-state index contributed by atoms with van der Waals surface area (Å²) in [6, 6.07) is 6.58. The van der Waals surface area contributed by atoms with E-state index in [2.05, 4.69) is 28.5 Å². The van der Waals surface area contributed by atoms with Crippen molar-refractivity contribution in [3.63, 3.8) is 0 Å². The standard InChI is InChI=1S/C21H31F3N2O2.2ClH/c1-16-14-26(12-11-25(16)2)15-19(20(27)9-4-3-5-10-20)17-7-6-8-18(13-17)28-21(22,23)24;;/h6-8,13,16,19,27H,3-5,9-12,14-15H2,1-2H3;2*1H/t16-,19-;;/m1../s1. The van der Waals surface area contributed by atoms with Gasteiger partial charge in [-0.1, -0.05) is 31.4 Å². The van der Waals surface area contributed by atoms with Crippen LogP contribution in [0.3, 0.4) is 0 Å². The third-order valence-corrected chi connectivity index (χ3v) is 6.35. The van der Waals surface area contributed by atoms with Gasteiger partial charge in [0.05, 0.1) is 5.60 Å². The molecule has 0 unspecified atom stereocenters. The molecule has 1 aromatic carbocycles. The van der Waals surface area contributed by atoms with E-state index >= 15 is 0 Å². The van der Waals surface area contributed by atoms with Crippen molar-refractivity contribution in [1.82, 2.24) is 9.80 Å². The fourth-order valence-electron chi connectivity index (χ4n) is 4.57. The first kappa shape index (κ1) is 27.3. The SMILES string of the molecule is C[C@@H]1CN(C[C@H](c2cccc(OC(F)(F)F)c2)C2(O)CCCCC2)CCN1C.Cl.Cl. The van der Waals surface area contributed by atoms with Gasteiger partial charge in [-0.15, -0.1) is 38.0 Å². The molecule has 1 N–H and O–H groups in total. The summed E-state index contributed by atoms with van der Waals surface area (Å²) in [5.74, 6) is -0.457. The number of nitrogens with zero attached hydrogens (tertiary/aromatic N) is 2. The Morgan fingerprint density at radius 1 is 1.17 bits per heavy atom. The number of alkyl halides is 3. The molecule has 30 heavy (non-hydrogen) atoms. The first-order valence-electron chi connectivity index (χ1n) is 10.2. The Morgan fingerprint density at radius 2 is 1.83 bits per heavy atom. The quantitative estimate of drug-likeness (QED) is 0.664. The lowest BCUT2D eigenvalue weighted by Gasteiger charge is -2.44. The molecule has 174 valence electrons. The van der Waals surface area contributed by atoms with E-state index in [0.29, 0.717) is 25.4 Å². The normalized spacial score (nSPS) is 23.7. The van der Waals surface area contributed by atoms with Gasteiger partial charge in [0.1, 0.15) is 5.75 Å². The number of ether oxygens (including phenoxy) is 1. The van der Waals surface area contributed by atoms with Crippen molar-refractivity contribution in [2.75, 3.05) is 33.2 Å². The minimum absolute atomic E-state index is 0. The largest absolute Gasteiger partial charge is 0.573 e. The van der Waals surface area contributed by atoms with E-state index in [4.69, 9.17) is 0 Å². The molecule has 2 fully saturated rings. The fourth-order valence-corrected chi connectivity index (χ4v) is 4.57. The van der Waals surface area contributed by atoms with Crippen molar-refractivity contribution >= 4 is 24.8 Å². The minimum atomic E-state index is -4.72. The summed E-state index contributed by atoms with van der Waals surface area (Å²) < 4.78 is 42.1. The zero-order valence-corrected chi connectivity index (χ0v) is 19.2. The van der Waals surface area contributed by atoms with Crippen LogP contribution in [-0.4, -0.2) is 66.1 Å². The lowest BCUT2D eigenvalue weighted by Crippen LogP contribution is -2.53. The molecule has 2 aliphatic rings. The minimum Gasteiger partial charge on any atom is -0.406 e. The summed E-state index contributed by atoms with van der Waals surface area (Å²) >= 11 is 0. The van der Waals surface area contributed by atoms with Crippen LogP contribution in [0.4, 0.5) is 13.2 Å². The Balaban J connectivity index is 0.00000225. The maximum atomic E-state index is 12.7. The van der Waals surface area contributed by atoms with Gasteiger partial charge in [-0.2, -0.15) is 0 Å². The first-order chi connectivity index (χ1) is 13.2. The predicted molar refractivity (Wildman–Crippen MR) is 117 cm³/mol. The van der Waals surface area contributed by atoms with Gasteiger partial charge in [-0.3, -0.25) is 4.90 Å². The number of halogens is 5. The van der Waals surface area contributed by atoms with Crippen molar-refractivity contribution in [2.45, 2.75) is 63.0 Å². The van der Waals surface area contributed by atoms with Gasteiger partial charge >= 0.3 is 6.36 Å². The highest BCUT2D eigenvalue weighted by Gasteiger charge is 2.40. The molecule has 1 saturated heterocycles. The summed E-state index contributed by atoms with van der Waals surface area (Å²) in [5, 5.41) is 11.5. The third kappa shape index (κ3) is 7.16. The van der Waals surface area contributed by atoms with Gasteiger partial charge in [-0.05, 0) is 44.5 Å². The third-order valence-electron chi connectivity index (χ3n) is 6.35. The first-order valence-corrected chi connectivity index (χ1v) is 10.2. The van der Waals surface area contributed by atoms with Gasteiger partial charge in [-0.25, -0.2) is 0 Å². The molecule has 9 heteroatoms. The summed E-state index contributed by atoms with van der Waals surface area (Å²) in [5.41, 5.74) is -0.167. The van der Waals surface area contributed by atoms with Crippen LogP contribution >= 0.6 is 24.8 Å². The van der Waals surface area contributed by atoms with Crippen LogP contribution in [0, 0.1) is 0 Å². The topological polar surface area (TPSA) is 35.9 Å². The van der Waals surface area contributed by atoms with Gasteiger partial charge in [0.25, 0.3) is 0 Å². The van der Waals surface area contributed by atoms with Crippen LogP contribution in [0.1, 0.15) is 50.5 Å². The van der Waals surface area contributed by atoms with Crippen LogP contribution in [0.2, 0.25) is 0 Å². The second-order valence-corrected chi connectivity index (χ2v) is 8.43. The van der Waals surface area contributed by atoms with E-state index in [9.17, 15) is 18.3 Å². The van der Waals surface area contributed by atoms with E-state index < -0.39 is 12.0 Å². The molecule has 1 aromatic rings. The summed E-state index contributed by atoms with van der Waals surface area (Å²) in [6.45, 7) is 5.55. The summed E-state index contributed by atoms with van der Waals surface area (Å²) in [4.78, 5) is 4.64. The highest BCUT2D eigenvalue weighted by molar-refractivity contribution is 5.85. The maximum Gasteiger partial charge on any atom is 0.573 e. The number of aliphatic hydroxyl groups is 1. The molecule has 0 amide bonds. The zero-order valence-electron chi connectivity index (χ0n) is 17.5. The molecule has 0 spiro atoms. The van der Waals surface area contributed by atoms with Gasteiger partial charge < -0.3 is 14.7 Å². The number of rotatable bonds is 5. The molecule has 0 bridgehead atoms. The number of piperazine rings is 1. The molecule has 3 rings (SSSR count). The van der Waals surface area contributed by atoms with Crippen LogP contribution < -0.4 is 4.74 Å². The molecular formula is C21H33Cl2F3N2O2. The lowest BCUT2D eigenvalue weighted by atomic mass is 9.72. The van der Waals surface area contributed by atoms with Crippen molar-refractivity contribution in [3.05, 3.63) is 29.8 Å². The van der Waals surface area contributed by atoms with E-state index in [1.165, 1.54) is 12.1 Å². The summed E-state index contributed by atoms with van der Waals surface area (Å²) in [7, 11) is 2.10. The number of benzene rings is 1. The predicted octanol–water partition coefficient (Wildman–Crippen LogP) is 4.84. The number of hydrogen-bond donors (Lipinski definition) is 1. The van der Waals surface area contributed by atoms with Crippen molar-refractivity contribution in [1.29, 1.82) is 0 Å². The van der Waals surface area contributed by atoms with Crippen molar-refractivity contribution in [2.24, 2.45) is 0 Å². The number of hydrogen-bond acceptors (Lipinski definition) is 4. The van der Waals surface area contributed by atoms with Crippen LogP contribution in [0.15, 0.2) is 24.3 Å². The van der Waals surface area contributed by atoms with Gasteiger partial charge in [0, 0.05) is 38.1 Å². The van der Waals surface area contributed by atoms with E-state index in [-0.39, 0.29) is 36.5 Å². The highest BCUT2D eigenvalue weighted by Crippen LogP contribution is 2.41. The molecule has 0 aromatic heterocycles. The van der Waals surface area contributed by atoms with E-state index in [1.54, 1.807) is 6.07 Å². The Hall–Kier alpha value is -0.730. The van der Waals surface area contributed by atoms with Crippen LogP contribution in [0.5, 0.6) is 5.75 Å². The second-order valence-electron chi connectivity index (χ2n) is 8.43. The molecule has 1 aliphatic heterocycles. The highest BCUT2D eigenvalue weighted by atomic mass is 35.5. The van der Waals surface area contributed by atoms with Gasteiger partial charge in [0.2, 0.25) is 0 Å². The fraction of sp³-hybridized carbons (Fsp3) is 0.714. The summed E-state index contributed by atoms with van der Waals surface area (Å²) in [6.07, 6.45) is -0.354. The average Bonchev–Trinajstić information content (AvgIpc) is 2.62. The average molecular weight is 473 g/mol. The molecular weight excluding hydrogens is 440 g/mol. The molecule has 4 nitrogen and oxygen atoms in total. The Bertz CT molecular complexity index is 657. The van der Waals surface area contributed by atoms with Gasteiger partial charge in [0.15, 0.2) is 0 Å². The van der Waals surface area contributed by atoms with Crippen molar-refractivity contribution in [3.8, 4) is 5.75 Å². The van der Waals surface area contributed by atoms with Crippen LogP contribution in [-0.2, 0) is 0 Å².